The summed E-state index contributed by atoms with van der Waals surface area (Å²) in [6, 6.07) is 0.358. The third-order valence-electron chi connectivity index (χ3n) is 5.88. The number of aromatic nitrogens is 2. The zero-order chi connectivity index (χ0) is 16.5. The molecule has 3 aliphatic rings. The molecule has 4 rings (SSSR count). The van der Waals surface area contributed by atoms with Crippen LogP contribution in [0.15, 0.2) is 18.3 Å². The van der Waals surface area contributed by atoms with E-state index in [2.05, 4.69) is 34.7 Å². The van der Waals surface area contributed by atoms with Crippen molar-refractivity contribution in [2.75, 3.05) is 26.2 Å². The van der Waals surface area contributed by atoms with Crippen molar-refractivity contribution in [2.24, 2.45) is 5.92 Å². The van der Waals surface area contributed by atoms with Gasteiger partial charge in [0.25, 0.3) is 0 Å². The van der Waals surface area contributed by atoms with E-state index in [0.717, 1.165) is 43.6 Å². The van der Waals surface area contributed by atoms with Gasteiger partial charge in [0.15, 0.2) is 0 Å². The monoisotopic (exact) mass is 328 g/mol. The molecule has 1 aromatic heterocycles. The SMILES string of the molecule is C[C@@H]1c2nc(CC(=O)N3CC=CC3)cn2CCN1CC1CCCC1. The largest absolute Gasteiger partial charge is 0.335 e. The van der Waals surface area contributed by atoms with Gasteiger partial charge < -0.3 is 9.47 Å². The second kappa shape index (κ2) is 6.71. The summed E-state index contributed by atoms with van der Waals surface area (Å²) >= 11 is 0. The molecule has 130 valence electrons. The van der Waals surface area contributed by atoms with Crippen molar-refractivity contribution in [3.63, 3.8) is 0 Å². The first-order valence-corrected chi connectivity index (χ1v) is 9.43. The minimum absolute atomic E-state index is 0.186. The van der Waals surface area contributed by atoms with Crippen LogP contribution < -0.4 is 0 Å². The van der Waals surface area contributed by atoms with Crippen molar-refractivity contribution < 1.29 is 4.79 Å². The van der Waals surface area contributed by atoms with E-state index in [1.807, 2.05) is 4.90 Å². The lowest BCUT2D eigenvalue weighted by Gasteiger charge is -2.35. The molecular weight excluding hydrogens is 300 g/mol. The molecule has 0 aromatic carbocycles. The number of hydrogen-bond acceptors (Lipinski definition) is 3. The van der Waals surface area contributed by atoms with Crippen LogP contribution in [0, 0.1) is 5.92 Å². The van der Waals surface area contributed by atoms with Crippen LogP contribution >= 0.6 is 0 Å². The summed E-state index contributed by atoms with van der Waals surface area (Å²) < 4.78 is 2.26. The average Bonchev–Trinajstić information content (AvgIpc) is 3.30. The highest BCUT2D eigenvalue weighted by molar-refractivity contribution is 5.79. The van der Waals surface area contributed by atoms with E-state index >= 15 is 0 Å². The Labute approximate surface area is 144 Å². The van der Waals surface area contributed by atoms with Gasteiger partial charge in [-0.05, 0) is 25.7 Å². The molecule has 2 aliphatic heterocycles. The van der Waals surface area contributed by atoms with Crippen molar-refractivity contribution in [3.05, 3.63) is 29.9 Å². The van der Waals surface area contributed by atoms with Crippen LogP contribution in [0.2, 0.25) is 0 Å². The number of imidazole rings is 1. The molecule has 0 unspecified atom stereocenters. The molecule has 1 atom stereocenters. The Morgan fingerprint density at radius 3 is 2.71 bits per heavy atom. The van der Waals surface area contributed by atoms with Gasteiger partial charge >= 0.3 is 0 Å². The van der Waals surface area contributed by atoms with Gasteiger partial charge in [-0.2, -0.15) is 0 Å². The molecule has 3 heterocycles. The topological polar surface area (TPSA) is 41.4 Å². The number of hydrogen-bond donors (Lipinski definition) is 0. The third kappa shape index (κ3) is 3.14. The summed E-state index contributed by atoms with van der Waals surface area (Å²) in [5.74, 6) is 2.20. The minimum Gasteiger partial charge on any atom is -0.335 e. The van der Waals surface area contributed by atoms with Crippen LogP contribution in [-0.2, 0) is 17.8 Å². The average molecular weight is 328 g/mol. The predicted molar refractivity (Wildman–Crippen MR) is 93.6 cm³/mol. The van der Waals surface area contributed by atoms with Crippen molar-refractivity contribution >= 4 is 5.91 Å². The first-order chi connectivity index (χ1) is 11.7. The van der Waals surface area contributed by atoms with Crippen molar-refractivity contribution in [2.45, 2.75) is 51.6 Å². The zero-order valence-electron chi connectivity index (χ0n) is 14.7. The molecule has 5 nitrogen and oxygen atoms in total. The number of nitrogens with zero attached hydrogens (tertiary/aromatic N) is 4. The predicted octanol–water partition coefficient (Wildman–Crippen LogP) is 2.39. The van der Waals surface area contributed by atoms with E-state index in [9.17, 15) is 4.79 Å². The summed E-state index contributed by atoms with van der Waals surface area (Å²) in [5.41, 5.74) is 0.927. The van der Waals surface area contributed by atoms with Gasteiger partial charge in [0.2, 0.25) is 5.91 Å². The Hall–Kier alpha value is -1.62. The maximum absolute atomic E-state index is 12.3. The molecule has 24 heavy (non-hydrogen) atoms. The lowest BCUT2D eigenvalue weighted by Crippen LogP contribution is -2.39. The fourth-order valence-corrected chi connectivity index (χ4v) is 4.40. The van der Waals surface area contributed by atoms with E-state index in [-0.39, 0.29) is 5.91 Å². The molecule has 0 saturated heterocycles. The fourth-order valence-electron chi connectivity index (χ4n) is 4.40. The number of carbonyl (C=O) groups is 1. The highest BCUT2D eigenvalue weighted by Crippen LogP contribution is 2.30. The summed E-state index contributed by atoms with van der Waals surface area (Å²) in [4.78, 5) is 21.6. The summed E-state index contributed by atoms with van der Waals surface area (Å²) in [6.07, 6.45) is 12.2. The Kier molecular flexibility index (Phi) is 4.44. The first kappa shape index (κ1) is 15.9. The molecule has 1 saturated carbocycles. The summed E-state index contributed by atoms with van der Waals surface area (Å²) in [7, 11) is 0. The van der Waals surface area contributed by atoms with Crippen LogP contribution in [-0.4, -0.2) is 51.4 Å². The molecule has 1 aliphatic carbocycles. The van der Waals surface area contributed by atoms with Gasteiger partial charge in [0.1, 0.15) is 5.82 Å². The molecule has 5 heteroatoms. The van der Waals surface area contributed by atoms with E-state index in [4.69, 9.17) is 4.98 Å². The minimum atomic E-state index is 0.186. The molecular formula is C19H28N4O. The van der Waals surface area contributed by atoms with E-state index < -0.39 is 0 Å². The highest BCUT2D eigenvalue weighted by atomic mass is 16.2. The number of carbonyl (C=O) groups excluding carboxylic acids is 1. The van der Waals surface area contributed by atoms with Crippen molar-refractivity contribution in [1.29, 1.82) is 0 Å². The Morgan fingerprint density at radius 1 is 1.21 bits per heavy atom. The van der Waals surface area contributed by atoms with Gasteiger partial charge in [-0.1, -0.05) is 25.0 Å². The summed E-state index contributed by atoms with van der Waals surface area (Å²) in [5, 5.41) is 0. The standard InChI is InChI=1S/C19H28N4O/c1-15-19-20-17(12-18(24)21-8-4-5-9-21)14-23(19)11-10-22(15)13-16-6-2-3-7-16/h4-5,14-16H,2-3,6-13H2,1H3/t15-/m1/s1. The molecule has 0 radical (unpaired) electrons. The van der Waals surface area contributed by atoms with Crippen LogP contribution in [0.5, 0.6) is 0 Å². The Balaban J connectivity index is 1.41. The van der Waals surface area contributed by atoms with Crippen LogP contribution in [0.3, 0.4) is 0 Å². The highest BCUT2D eigenvalue weighted by Gasteiger charge is 2.29. The first-order valence-electron chi connectivity index (χ1n) is 9.43. The number of amides is 1. The Morgan fingerprint density at radius 2 is 1.96 bits per heavy atom. The lowest BCUT2D eigenvalue weighted by molar-refractivity contribution is -0.129. The lowest BCUT2D eigenvalue weighted by atomic mass is 10.1. The second-order valence-corrected chi connectivity index (χ2v) is 7.55. The second-order valence-electron chi connectivity index (χ2n) is 7.55. The number of fused-ring (bicyclic) bond motifs is 1. The molecule has 0 N–H and O–H groups in total. The maximum atomic E-state index is 12.3. The molecule has 0 spiro atoms. The van der Waals surface area contributed by atoms with Gasteiger partial charge in [0.05, 0.1) is 18.2 Å². The Bertz CT molecular complexity index is 621. The quantitative estimate of drug-likeness (QED) is 0.797. The van der Waals surface area contributed by atoms with Crippen LogP contribution in [0.1, 0.15) is 50.2 Å². The van der Waals surface area contributed by atoms with Gasteiger partial charge in [0, 0.05) is 38.9 Å². The normalized spacial score (nSPS) is 24.7. The van der Waals surface area contributed by atoms with E-state index in [0.29, 0.717) is 12.5 Å². The van der Waals surface area contributed by atoms with Crippen molar-refractivity contribution in [1.82, 2.24) is 19.4 Å². The maximum Gasteiger partial charge on any atom is 0.229 e. The van der Waals surface area contributed by atoms with Gasteiger partial charge in [-0.15, -0.1) is 0 Å². The number of rotatable bonds is 4. The van der Waals surface area contributed by atoms with E-state index in [1.165, 1.54) is 32.2 Å². The molecule has 1 aromatic rings. The zero-order valence-corrected chi connectivity index (χ0v) is 14.7. The molecule has 1 fully saturated rings. The molecule has 1 amide bonds. The fraction of sp³-hybridized carbons (Fsp3) is 0.684. The van der Waals surface area contributed by atoms with E-state index in [1.54, 1.807) is 0 Å². The summed E-state index contributed by atoms with van der Waals surface area (Å²) in [6.45, 7) is 7.07. The van der Waals surface area contributed by atoms with Gasteiger partial charge in [-0.3, -0.25) is 9.69 Å². The van der Waals surface area contributed by atoms with Crippen LogP contribution in [0.25, 0.3) is 0 Å². The van der Waals surface area contributed by atoms with Crippen molar-refractivity contribution in [3.8, 4) is 0 Å². The smallest absolute Gasteiger partial charge is 0.229 e. The molecule has 0 bridgehead atoms. The van der Waals surface area contributed by atoms with Gasteiger partial charge in [-0.25, -0.2) is 4.98 Å². The van der Waals surface area contributed by atoms with Crippen LogP contribution in [0.4, 0.5) is 0 Å². The third-order valence-corrected chi connectivity index (χ3v) is 5.88.